The van der Waals surface area contributed by atoms with Crippen LogP contribution in [0, 0.1) is 6.92 Å². The lowest BCUT2D eigenvalue weighted by atomic mass is 10.1. The summed E-state index contributed by atoms with van der Waals surface area (Å²) in [5, 5.41) is 30.4. The Bertz CT molecular complexity index is 1440. The number of imidazole rings is 1. The summed E-state index contributed by atoms with van der Waals surface area (Å²) >= 11 is 0. The van der Waals surface area contributed by atoms with Gasteiger partial charge in [0.05, 0.1) is 38.3 Å². The molecule has 1 saturated heterocycles. The third-order valence-corrected chi connectivity index (χ3v) is 5.39. The Morgan fingerprint density at radius 1 is 1.30 bits per heavy atom. The van der Waals surface area contributed by atoms with E-state index in [1.165, 1.54) is 21.7 Å². The Balaban J connectivity index is 0.000000206. The molecular formula is C19H26N10O8. The molecule has 1 fully saturated rings. The van der Waals surface area contributed by atoms with Gasteiger partial charge in [-0.05, 0) is 12.5 Å². The van der Waals surface area contributed by atoms with Crippen molar-refractivity contribution < 1.29 is 24.8 Å². The molecule has 1 aliphatic heterocycles. The van der Waals surface area contributed by atoms with E-state index in [9.17, 15) is 14.4 Å². The summed E-state index contributed by atoms with van der Waals surface area (Å²) in [6, 6.07) is -0.542. The van der Waals surface area contributed by atoms with Gasteiger partial charge >= 0.3 is 5.69 Å². The van der Waals surface area contributed by atoms with Crippen LogP contribution in [0.25, 0.3) is 21.6 Å². The summed E-state index contributed by atoms with van der Waals surface area (Å²) in [4.78, 5) is 49.5. The van der Waals surface area contributed by atoms with Crippen molar-refractivity contribution in [2.45, 2.75) is 44.6 Å². The van der Waals surface area contributed by atoms with Crippen molar-refractivity contribution in [2.75, 3.05) is 25.6 Å². The van der Waals surface area contributed by atoms with Gasteiger partial charge in [0.2, 0.25) is 5.95 Å². The number of anilines is 1. The number of hydrogen-bond donors (Lipinski definition) is 6. The Morgan fingerprint density at radius 3 is 2.68 bits per heavy atom. The average Bonchev–Trinajstić information content (AvgIpc) is 3.47. The number of aromatic nitrogens is 6. The second-order valence-corrected chi connectivity index (χ2v) is 7.92. The van der Waals surface area contributed by atoms with Gasteiger partial charge in [-0.3, -0.25) is 28.7 Å². The van der Waals surface area contributed by atoms with E-state index < -0.39 is 41.3 Å². The molecule has 7 N–H and O–H groups in total. The Labute approximate surface area is 206 Å². The van der Waals surface area contributed by atoms with Gasteiger partial charge in [-0.15, -0.1) is 0 Å². The lowest BCUT2D eigenvalue weighted by molar-refractivity contribution is -0.0488. The molecule has 3 aromatic rings. The first-order chi connectivity index (χ1) is 17.7. The number of nitrogens with zero attached hydrogens (tertiary/aromatic N) is 7. The van der Waals surface area contributed by atoms with Crippen LogP contribution < -0.4 is 22.5 Å². The summed E-state index contributed by atoms with van der Waals surface area (Å²) in [5.41, 5.74) is 13.2. The number of ether oxygens (including phenoxy) is 2. The first kappa shape index (κ1) is 27.5. The minimum atomic E-state index is -0.693. The zero-order valence-electron chi connectivity index (χ0n) is 19.6. The topological polar surface area (TPSA) is 272 Å². The molecule has 0 aromatic carbocycles. The predicted molar refractivity (Wildman–Crippen MR) is 126 cm³/mol. The third-order valence-electron chi connectivity index (χ3n) is 5.39. The molecule has 4 heterocycles. The number of aliphatic hydroxyl groups excluding tert-OH is 3. The fraction of sp³-hybridized carbons (Fsp3) is 0.526. The van der Waals surface area contributed by atoms with Crippen LogP contribution in [0.5, 0.6) is 0 Å². The number of azide groups is 1. The molecule has 200 valence electrons. The molecule has 4 rings (SSSR count). The smallest absolute Gasteiger partial charge is 0.330 e. The molecule has 0 radical (unpaired) electrons. The van der Waals surface area contributed by atoms with Crippen molar-refractivity contribution in [3.05, 3.63) is 59.7 Å². The van der Waals surface area contributed by atoms with E-state index in [2.05, 4.69) is 30.0 Å². The Kier molecular flexibility index (Phi) is 9.12. The summed E-state index contributed by atoms with van der Waals surface area (Å²) in [6.07, 6.45) is 1.01. The second kappa shape index (κ2) is 12.3. The van der Waals surface area contributed by atoms with E-state index in [1.807, 2.05) is 0 Å². The van der Waals surface area contributed by atoms with Gasteiger partial charge in [-0.1, -0.05) is 5.11 Å². The van der Waals surface area contributed by atoms with Crippen LogP contribution >= 0.6 is 0 Å². The Morgan fingerprint density at radius 2 is 2.03 bits per heavy atom. The predicted octanol–water partition coefficient (Wildman–Crippen LogP) is -2.17. The lowest BCUT2D eigenvalue weighted by Crippen LogP contribution is -2.33. The molecule has 0 spiro atoms. The van der Waals surface area contributed by atoms with Crippen LogP contribution in [-0.4, -0.2) is 82.5 Å². The zero-order chi connectivity index (χ0) is 27.1. The highest BCUT2D eigenvalue weighted by atomic mass is 16.5. The lowest BCUT2D eigenvalue weighted by Gasteiger charge is -2.14. The van der Waals surface area contributed by atoms with Crippen molar-refractivity contribution in [1.29, 1.82) is 0 Å². The van der Waals surface area contributed by atoms with Crippen LogP contribution in [0.3, 0.4) is 0 Å². The molecule has 37 heavy (non-hydrogen) atoms. The highest BCUT2D eigenvalue weighted by Crippen LogP contribution is 2.29. The number of hydrogen-bond acceptors (Lipinski definition) is 12. The number of nitrogens with two attached hydrogens (primary N) is 1. The minimum absolute atomic E-state index is 0.00181. The van der Waals surface area contributed by atoms with Gasteiger partial charge in [0.25, 0.3) is 11.1 Å². The molecule has 18 heteroatoms. The van der Waals surface area contributed by atoms with Crippen LogP contribution in [0.2, 0.25) is 0 Å². The highest BCUT2D eigenvalue weighted by molar-refractivity contribution is 5.70. The number of rotatable bonds is 8. The first-order valence-corrected chi connectivity index (χ1v) is 10.9. The Hall–Kier alpha value is -4.06. The quantitative estimate of drug-likeness (QED) is 0.105. The van der Waals surface area contributed by atoms with Crippen molar-refractivity contribution >= 4 is 17.1 Å². The molecule has 0 unspecified atom stereocenters. The third kappa shape index (κ3) is 6.39. The van der Waals surface area contributed by atoms with Gasteiger partial charge in [0.15, 0.2) is 11.2 Å². The van der Waals surface area contributed by atoms with E-state index >= 15 is 0 Å². The molecule has 1 aliphatic rings. The standard InChI is InChI=1S/C10H13N5O4.C9H13N5O4/c1-5-3-15(10(18)12-9(5)17)8-2-6(13-14-11)7(4-16)19-8;10-9-12-7-6(8(17)13-9)11-3-14(7)4-18-5(1-15)2-16/h3,6-8,16H,2,4H2,1H3,(H,12,17,18);3,5,15-16H,1-2,4H2,(H3,10,12,13,17)/t6-,7+,8+;/m0./s1. The molecule has 3 aromatic heterocycles. The first-order valence-electron chi connectivity index (χ1n) is 10.9. The van der Waals surface area contributed by atoms with Crippen molar-refractivity contribution in [3.63, 3.8) is 0 Å². The number of aliphatic hydroxyl groups is 3. The average molecular weight is 522 g/mol. The van der Waals surface area contributed by atoms with E-state index in [0.717, 1.165) is 0 Å². The monoisotopic (exact) mass is 522 g/mol. The molecule has 0 aliphatic carbocycles. The zero-order valence-corrected chi connectivity index (χ0v) is 19.6. The maximum absolute atomic E-state index is 11.7. The normalized spacial score (nSPS) is 19.0. The number of nitrogen functional groups attached to an aromatic ring is 1. The van der Waals surface area contributed by atoms with Crippen LogP contribution in [0.4, 0.5) is 5.95 Å². The molecule has 0 saturated carbocycles. The fourth-order valence-electron chi connectivity index (χ4n) is 3.45. The molecule has 0 amide bonds. The largest absolute Gasteiger partial charge is 0.394 e. The van der Waals surface area contributed by atoms with Gasteiger partial charge in [-0.25, -0.2) is 9.78 Å². The molecular weight excluding hydrogens is 496 g/mol. The number of fused-ring (bicyclic) bond motifs is 1. The van der Waals surface area contributed by atoms with Crippen LogP contribution in [0.15, 0.2) is 32.0 Å². The van der Waals surface area contributed by atoms with Gasteiger partial charge in [0.1, 0.15) is 19.1 Å². The second-order valence-electron chi connectivity index (χ2n) is 7.92. The summed E-state index contributed by atoms with van der Waals surface area (Å²) in [5.74, 6) is -0.0184. The van der Waals surface area contributed by atoms with Crippen molar-refractivity contribution in [1.82, 2.24) is 29.1 Å². The van der Waals surface area contributed by atoms with Gasteiger partial charge in [0, 0.05) is 23.1 Å². The van der Waals surface area contributed by atoms with Gasteiger partial charge < -0.3 is 30.5 Å². The summed E-state index contributed by atoms with van der Waals surface area (Å²) in [7, 11) is 0. The number of nitrogens with one attached hydrogen (secondary N) is 2. The SMILES string of the molecule is Cc1cn([C@H]2C[C@H](N=[N+]=[N-])[C@@H](CO)O2)c(=O)[nH]c1=O.Nc1nc2c(ncn2COC(CO)CO)c(=O)[nH]1. The van der Waals surface area contributed by atoms with E-state index in [1.54, 1.807) is 6.92 Å². The van der Waals surface area contributed by atoms with Crippen molar-refractivity contribution in [2.24, 2.45) is 5.11 Å². The molecule has 3 atom stereocenters. The maximum atomic E-state index is 11.7. The van der Waals surface area contributed by atoms with Crippen LogP contribution in [-0.2, 0) is 16.2 Å². The van der Waals surface area contributed by atoms with Crippen LogP contribution in [0.1, 0.15) is 18.2 Å². The van der Waals surface area contributed by atoms with E-state index in [4.69, 9.17) is 36.1 Å². The van der Waals surface area contributed by atoms with E-state index in [-0.39, 0.29) is 50.1 Å². The highest BCUT2D eigenvalue weighted by Gasteiger charge is 2.35. The summed E-state index contributed by atoms with van der Waals surface area (Å²) in [6.45, 7) is 0.645. The number of aromatic amines is 2. The summed E-state index contributed by atoms with van der Waals surface area (Å²) < 4.78 is 13.4. The minimum Gasteiger partial charge on any atom is -0.394 e. The molecule has 0 bridgehead atoms. The van der Waals surface area contributed by atoms with Gasteiger partial charge in [-0.2, -0.15) is 4.98 Å². The number of H-pyrrole nitrogens is 2. The maximum Gasteiger partial charge on any atom is 0.330 e. The fourth-order valence-corrected chi connectivity index (χ4v) is 3.45. The van der Waals surface area contributed by atoms with Crippen molar-refractivity contribution in [3.8, 4) is 0 Å². The van der Waals surface area contributed by atoms with E-state index in [0.29, 0.717) is 5.56 Å². The number of aryl methyl sites for hydroxylation is 1. The molecule has 18 nitrogen and oxygen atoms in total.